The first kappa shape index (κ1) is 20.6. The van der Waals surface area contributed by atoms with E-state index in [1.165, 1.54) is 18.4 Å². The Balaban J connectivity index is 1.45. The third-order valence-electron chi connectivity index (χ3n) is 5.75. The number of hydrogen-bond donors (Lipinski definition) is 2. The van der Waals surface area contributed by atoms with Gasteiger partial charge in [0.15, 0.2) is 6.10 Å². The summed E-state index contributed by atoms with van der Waals surface area (Å²) >= 11 is 0. The molecule has 166 valence electrons. The summed E-state index contributed by atoms with van der Waals surface area (Å²) in [7, 11) is 1.56. The summed E-state index contributed by atoms with van der Waals surface area (Å²) in [5.74, 6) is 0.366. The van der Waals surface area contributed by atoms with Crippen LogP contribution in [0.5, 0.6) is 17.2 Å². The minimum absolute atomic E-state index is 0.0494. The summed E-state index contributed by atoms with van der Waals surface area (Å²) in [6.07, 6.45) is 1.74. The minimum Gasteiger partial charge on any atom is -0.507 e. The summed E-state index contributed by atoms with van der Waals surface area (Å²) in [4.78, 5) is 25.7. The molecule has 7 heteroatoms. The Morgan fingerprint density at radius 1 is 1.03 bits per heavy atom. The zero-order valence-corrected chi connectivity index (χ0v) is 17.8. The van der Waals surface area contributed by atoms with E-state index in [4.69, 9.17) is 13.9 Å². The molecule has 7 nitrogen and oxygen atoms in total. The molecular weight excluding hydrogens is 422 g/mol. The van der Waals surface area contributed by atoms with Gasteiger partial charge in [-0.2, -0.15) is 0 Å². The third kappa shape index (κ3) is 3.89. The summed E-state index contributed by atoms with van der Waals surface area (Å²) < 4.78 is 16.7. The van der Waals surface area contributed by atoms with Gasteiger partial charge in [0.2, 0.25) is 5.43 Å². The predicted molar refractivity (Wildman–Crippen MR) is 124 cm³/mol. The number of benzene rings is 3. The van der Waals surface area contributed by atoms with Crippen molar-refractivity contribution in [3.8, 4) is 28.4 Å². The summed E-state index contributed by atoms with van der Waals surface area (Å²) in [6, 6.07) is 17.4. The molecule has 0 spiro atoms. The van der Waals surface area contributed by atoms with Crippen LogP contribution < -0.4 is 20.2 Å². The molecule has 1 unspecified atom stereocenters. The van der Waals surface area contributed by atoms with Crippen LogP contribution >= 0.6 is 0 Å². The van der Waals surface area contributed by atoms with Crippen molar-refractivity contribution in [1.82, 2.24) is 0 Å². The number of carbonyl (C=O) groups is 1. The van der Waals surface area contributed by atoms with E-state index in [9.17, 15) is 14.7 Å². The van der Waals surface area contributed by atoms with Gasteiger partial charge in [0.25, 0.3) is 5.91 Å². The molecule has 1 amide bonds. The van der Waals surface area contributed by atoms with Crippen LogP contribution in [0, 0.1) is 0 Å². The molecule has 1 aliphatic heterocycles. The molecule has 0 fully saturated rings. The Morgan fingerprint density at radius 2 is 1.82 bits per heavy atom. The molecule has 1 aliphatic rings. The summed E-state index contributed by atoms with van der Waals surface area (Å²) in [5.41, 5.74) is 2.57. The van der Waals surface area contributed by atoms with E-state index in [0.717, 1.165) is 11.3 Å². The zero-order chi connectivity index (χ0) is 22.9. The van der Waals surface area contributed by atoms with Crippen LogP contribution in [0.2, 0.25) is 0 Å². The molecule has 1 aromatic heterocycles. The first-order valence-electron chi connectivity index (χ1n) is 10.5. The number of aryl methyl sites for hydroxylation is 1. The first-order valence-corrected chi connectivity index (χ1v) is 10.5. The maximum Gasteiger partial charge on any atom is 0.265 e. The number of carbonyl (C=O) groups excluding carboxylic acids is 1. The third-order valence-corrected chi connectivity index (χ3v) is 5.75. The number of methoxy groups -OCH3 is 1. The van der Waals surface area contributed by atoms with Crippen molar-refractivity contribution in [3.63, 3.8) is 0 Å². The standard InChI is InChI=1S/C26H21NO6/c1-31-17-9-6-15(7-10-17)19-14-32-23-13-18(12-21(28)24(23)25(19)29)33-22-11-8-16-4-2-3-5-20(16)27-26(22)30/h2-7,9-10,12-14,22,28H,8,11H2,1H3,(H,27,30). The van der Waals surface area contributed by atoms with Crippen LogP contribution in [0.3, 0.4) is 0 Å². The normalized spacial score (nSPS) is 15.4. The number of para-hydroxylation sites is 1. The number of phenolic OH excluding ortho intramolecular Hbond substituents is 1. The second-order valence-electron chi connectivity index (χ2n) is 7.81. The van der Waals surface area contributed by atoms with Crippen molar-refractivity contribution in [2.75, 3.05) is 12.4 Å². The van der Waals surface area contributed by atoms with Crippen molar-refractivity contribution in [3.05, 3.63) is 82.7 Å². The fourth-order valence-corrected chi connectivity index (χ4v) is 4.01. The van der Waals surface area contributed by atoms with Gasteiger partial charge in [0, 0.05) is 17.8 Å². The molecule has 0 bridgehead atoms. The predicted octanol–water partition coefficient (Wildman–Crippen LogP) is 4.51. The zero-order valence-electron chi connectivity index (χ0n) is 17.8. The highest BCUT2D eigenvalue weighted by Gasteiger charge is 2.26. The Bertz CT molecular complexity index is 1410. The molecule has 1 atom stereocenters. The minimum atomic E-state index is -0.750. The number of aromatic hydroxyl groups is 1. The second kappa shape index (κ2) is 8.35. The number of anilines is 1. The Hall–Kier alpha value is -4.26. The number of amides is 1. The molecule has 4 aromatic rings. The van der Waals surface area contributed by atoms with Gasteiger partial charge in [-0.05, 0) is 42.2 Å². The monoisotopic (exact) mass is 443 g/mol. The van der Waals surface area contributed by atoms with Gasteiger partial charge in [0.05, 0.1) is 12.7 Å². The lowest BCUT2D eigenvalue weighted by Gasteiger charge is -2.16. The average molecular weight is 443 g/mol. The van der Waals surface area contributed by atoms with Crippen LogP contribution in [0.25, 0.3) is 22.1 Å². The van der Waals surface area contributed by atoms with E-state index in [-0.39, 0.29) is 33.8 Å². The van der Waals surface area contributed by atoms with Crippen molar-refractivity contribution in [2.45, 2.75) is 18.9 Å². The molecule has 0 saturated heterocycles. The van der Waals surface area contributed by atoms with Crippen LogP contribution in [0.4, 0.5) is 5.69 Å². The number of ether oxygens (including phenoxy) is 2. The van der Waals surface area contributed by atoms with E-state index in [2.05, 4.69) is 5.32 Å². The summed E-state index contributed by atoms with van der Waals surface area (Å²) in [6.45, 7) is 0. The van der Waals surface area contributed by atoms with E-state index < -0.39 is 6.10 Å². The highest BCUT2D eigenvalue weighted by Crippen LogP contribution is 2.32. The van der Waals surface area contributed by atoms with Gasteiger partial charge in [0.1, 0.15) is 34.5 Å². The lowest BCUT2D eigenvalue weighted by atomic mass is 10.0. The number of rotatable bonds is 4. The van der Waals surface area contributed by atoms with E-state index in [1.807, 2.05) is 24.3 Å². The maximum atomic E-state index is 13.1. The van der Waals surface area contributed by atoms with E-state index >= 15 is 0 Å². The second-order valence-corrected chi connectivity index (χ2v) is 7.81. The van der Waals surface area contributed by atoms with Crippen molar-refractivity contribution in [2.24, 2.45) is 0 Å². The highest BCUT2D eigenvalue weighted by atomic mass is 16.5. The lowest BCUT2D eigenvalue weighted by Crippen LogP contribution is -2.31. The quantitative estimate of drug-likeness (QED) is 0.482. The van der Waals surface area contributed by atoms with Crippen molar-refractivity contribution >= 4 is 22.6 Å². The smallest absolute Gasteiger partial charge is 0.265 e. The largest absolute Gasteiger partial charge is 0.507 e. The highest BCUT2D eigenvalue weighted by molar-refractivity contribution is 5.96. The average Bonchev–Trinajstić information content (AvgIpc) is 2.97. The van der Waals surface area contributed by atoms with E-state index in [1.54, 1.807) is 31.4 Å². The molecule has 2 N–H and O–H groups in total. The molecule has 0 aliphatic carbocycles. The fourth-order valence-electron chi connectivity index (χ4n) is 4.01. The number of hydrogen-bond acceptors (Lipinski definition) is 6. The van der Waals surface area contributed by atoms with Gasteiger partial charge >= 0.3 is 0 Å². The molecule has 33 heavy (non-hydrogen) atoms. The van der Waals surface area contributed by atoms with Crippen LogP contribution in [-0.4, -0.2) is 24.2 Å². The Labute approximate surface area is 189 Å². The van der Waals surface area contributed by atoms with Crippen LogP contribution in [0.1, 0.15) is 12.0 Å². The van der Waals surface area contributed by atoms with Crippen molar-refractivity contribution < 1.29 is 23.8 Å². The van der Waals surface area contributed by atoms with Gasteiger partial charge in [-0.3, -0.25) is 9.59 Å². The Morgan fingerprint density at radius 3 is 2.61 bits per heavy atom. The van der Waals surface area contributed by atoms with Gasteiger partial charge in [-0.1, -0.05) is 30.3 Å². The maximum absolute atomic E-state index is 13.1. The van der Waals surface area contributed by atoms with Gasteiger partial charge in [-0.25, -0.2) is 0 Å². The topological polar surface area (TPSA) is 98.0 Å². The fraction of sp³-hybridized carbons (Fsp3) is 0.154. The number of nitrogens with one attached hydrogen (secondary N) is 1. The molecule has 3 aromatic carbocycles. The molecular formula is C26H21NO6. The van der Waals surface area contributed by atoms with E-state index in [0.29, 0.717) is 29.7 Å². The SMILES string of the molecule is COc1ccc(-c2coc3cc(OC4CCc5ccccc5NC4=O)cc(O)c3c2=O)cc1. The van der Waals surface area contributed by atoms with Gasteiger partial charge < -0.3 is 24.3 Å². The lowest BCUT2D eigenvalue weighted by molar-refractivity contribution is -0.122. The Kier molecular flexibility index (Phi) is 5.22. The van der Waals surface area contributed by atoms with Crippen LogP contribution in [-0.2, 0) is 11.2 Å². The molecule has 0 radical (unpaired) electrons. The summed E-state index contributed by atoms with van der Waals surface area (Å²) in [5, 5.41) is 13.5. The first-order chi connectivity index (χ1) is 16.0. The van der Waals surface area contributed by atoms with Crippen LogP contribution in [0.15, 0.2) is 76.1 Å². The molecule has 0 saturated carbocycles. The number of phenols is 1. The molecule has 2 heterocycles. The number of fused-ring (bicyclic) bond motifs is 2. The van der Waals surface area contributed by atoms with Crippen molar-refractivity contribution in [1.29, 1.82) is 0 Å². The van der Waals surface area contributed by atoms with Gasteiger partial charge in [-0.15, -0.1) is 0 Å². The molecule has 5 rings (SSSR count).